The van der Waals surface area contributed by atoms with E-state index < -0.39 is 21.5 Å². The fraction of sp³-hybridized carbons (Fsp3) is 0.500. The average molecular weight is 439 g/mol. The van der Waals surface area contributed by atoms with Crippen LogP contribution in [0, 0.1) is 0 Å². The van der Waals surface area contributed by atoms with Gasteiger partial charge >= 0.3 is 0 Å². The van der Waals surface area contributed by atoms with Crippen LogP contribution in [0.5, 0.6) is 0 Å². The lowest BCUT2D eigenvalue weighted by molar-refractivity contribution is 0.102. The SMILES string of the molecule is CC(C)(C)NS(=O)(=O)c1cc(C(=O)Nc2ccnn2C2CCCCC2)ccc1Cl. The number of halogens is 1. The third kappa shape index (κ3) is 5.38. The van der Waals surface area contributed by atoms with Crippen molar-refractivity contribution in [1.29, 1.82) is 0 Å². The van der Waals surface area contributed by atoms with Crippen LogP contribution in [0.25, 0.3) is 0 Å². The third-order valence-corrected chi connectivity index (χ3v) is 7.00. The molecule has 0 aliphatic heterocycles. The molecule has 0 atom stereocenters. The van der Waals surface area contributed by atoms with Crippen molar-refractivity contribution in [2.24, 2.45) is 0 Å². The summed E-state index contributed by atoms with van der Waals surface area (Å²) < 4.78 is 29.8. The molecular weight excluding hydrogens is 412 g/mol. The summed E-state index contributed by atoms with van der Waals surface area (Å²) in [7, 11) is -3.87. The number of anilines is 1. The standard InChI is InChI=1S/C20H27ClN4O3S/c1-20(2,3)24-29(27,28)17-13-14(9-10-16(17)21)19(26)23-18-11-12-22-25(18)15-7-5-4-6-8-15/h9-13,15,24H,4-8H2,1-3H3,(H,23,26). The maximum absolute atomic E-state index is 12.8. The van der Waals surface area contributed by atoms with Crippen LogP contribution in [0.2, 0.25) is 5.02 Å². The third-order valence-electron chi connectivity index (χ3n) is 4.76. The Kier molecular flexibility index (Phi) is 6.36. The minimum Gasteiger partial charge on any atom is -0.307 e. The van der Waals surface area contributed by atoms with Crippen molar-refractivity contribution < 1.29 is 13.2 Å². The summed E-state index contributed by atoms with van der Waals surface area (Å²) >= 11 is 6.12. The van der Waals surface area contributed by atoms with E-state index in [0.29, 0.717) is 5.82 Å². The van der Waals surface area contributed by atoms with E-state index in [4.69, 9.17) is 11.6 Å². The number of carbonyl (C=O) groups is 1. The van der Waals surface area contributed by atoms with Crippen molar-refractivity contribution in [1.82, 2.24) is 14.5 Å². The highest BCUT2D eigenvalue weighted by Gasteiger charge is 2.26. The maximum Gasteiger partial charge on any atom is 0.256 e. The second-order valence-electron chi connectivity index (χ2n) is 8.41. The van der Waals surface area contributed by atoms with Crippen LogP contribution in [-0.2, 0) is 10.0 Å². The molecule has 7 nitrogen and oxygen atoms in total. The Balaban J connectivity index is 1.83. The van der Waals surface area contributed by atoms with Crippen molar-refractivity contribution in [3.63, 3.8) is 0 Å². The van der Waals surface area contributed by atoms with Crippen molar-refractivity contribution in [3.05, 3.63) is 41.0 Å². The van der Waals surface area contributed by atoms with Crippen LogP contribution < -0.4 is 10.0 Å². The van der Waals surface area contributed by atoms with Crippen LogP contribution in [0.15, 0.2) is 35.4 Å². The highest BCUT2D eigenvalue weighted by atomic mass is 35.5. The van der Waals surface area contributed by atoms with E-state index in [-0.39, 0.29) is 21.5 Å². The van der Waals surface area contributed by atoms with Crippen molar-refractivity contribution >= 4 is 33.3 Å². The number of hydrogen-bond donors (Lipinski definition) is 2. The number of nitrogens with zero attached hydrogens (tertiary/aromatic N) is 2. The summed E-state index contributed by atoms with van der Waals surface area (Å²) in [5, 5.41) is 7.29. The molecule has 3 rings (SSSR count). The molecule has 0 spiro atoms. The average Bonchev–Trinajstić information content (AvgIpc) is 3.08. The number of benzene rings is 1. The molecule has 1 aliphatic rings. The molecule has 1 heterocycles. The number of amides is 1. The number of aromatic nitrogens is 2. The van der Waals surface area contributed by atoms with Gasteiger partial charge in [-0.3, -0.25) is 4.79 Å². The van der Waals surface area contributed by atoms with Crippen LogP contribution in [0.1, 0.15) is 69.3 Å². The topological polar surface area (TPSA) is 93.1 Å². The Bertz CT molecular complexity index is 989. The first-order valence-corrected chi connectivity index (χ1v) is 11.6. The second-order valence-corrected chi connectivity index (χ2v) is 10.5. The molecule has 1 fully saturated rings. The quantitative estimate of drug-likeness (QED) is 0.724. The second kappa shape index (κ2) is 8.45. The lowest BCUT2D eigenvalue weighted by atomic mass is 9.96. The fourth-order valence-corrected chi connectivity index (χ4v) is 5.47. The van der Waals surface area contributed by atoms with Crippen LogP contribution in [-0.4, -0.2) is 29.6 Å². The molecule has 2 aromatic rings. The van der Waals surface area contributed by atoms with Gasteiger partial charge in [0, 0.05) is 17.2 Å². The Hall–Kier alpha value is -1.90. The van der Waals surface area contributed by atoms with Gasteiger partial charge in [-0.2, -0.15) is 5.10 Å². The lowest BCUT2D eigenvalue weighted by Gasteiger charge is -2.24. The predicted molar refractivity (Wildman–Crippen MR) is 114 cm³/mol. The Labute approximate surface area is 176 Å². The van der Waals surface area contributed by atoms with E-state index in [1.807, 2.05) is 4.68 Å². The fourth-order valence-electron chi connectivity index (χ4n) is 3.53. The summed E-state index contributed by atoms with van der Waals surface area (Å²) in [6.45, 7) is 5.21. The summed E-state index contributed by atoms with van der Waals surface area (Å²) in [5.74, 6) is 0.195. The van der Waals surface area contributed by atoms with Crippen molar-refractivity contribution in [3.8, 4) is 0 Å². The zero-order chi connectivity index (χ0) is 21.2. The van der Waals surface area contributed by atoms with Gasteiger partial charge in [0.2, 0.25) is 10.0 Å². The van der Waals surface area contributed by atoms with Gasteiger partial charge in [0.05, 0.1) is 17.3 Å². The Morgan fingerprint density at radius 1 is 1.17 bits per heavy atom. The maximum atomic E-state index is 12.8. The van der Waals surface area contributed by atoms with Gasteiger partial charge in [-0.1, -0.05) is 30.9 Å². The van der Waals surface area contributed by atoms with E-state index in [1.54, 1.807) is 33.0 Å². The molecule has 1 aliphatic carbocycles. The first-order valence-electron chi connectivity index (χ1n) is 9.75. The minimum atomic E-state index is -3.87. The molecule has 1 saturated carbocycles. The number of hydrogen-bond acceptors (Lipinski definition) is 4. The van der Waals surface area contributed by atoms with Crippen LogP contribution in [0.3, 0.4) is 0 Å². The molecule has 1 aromatic heterocycles. The molecule has 0 unspecified atom stereocenters. The molecule has 0 bridgehead atoms. The van der Waals surface area contributed by atoms with E-state index in [9.17, 15) is 13.2 Å². The summed E-state index contributed by atoms with van der Waals surface area (Å²) in [4.78, 5) is 12.7. The summed E-state index contributed by atoms with van der Waals surface area (Å²) in [6.07, 6.45) is 7.26. The van der Waals surface area contributed by atoms with Crippen LogP contribution in [0.4, 0.5) is 5.82 Å². The molecule has 1 amide bonds. The Morgan fingerprint density at radius 3 is 2.52 bits per heavy atom. The van der Waals surface area contributed by atoms with E-state index in [2.05, 4.69) is 15.1 Å². The molecule has 1 aromatic carbocycles. The van der Waals surface area contributed by atoms with Gasteiger partial charge in [-0.05, 0) is 51.8 Å². The van der Waals surface area contributed by atoms with Gasteiger partial charge in [0.1, 0.15) is 10.7 Å². The lowest BCUT2D eigenvalue weighted by Crippen LogP contribution is -2.40. The van der Waals surface area contributed by atoms with Gasteiger partial charge in [-0.25, -0.2) is 17.8 Å². The number of sulfonamides is 1. The van der Waals surface area contributed by atoms with E-state index in [0.717, 1.165) is 25.7 Å². The molecule has 9 heteroatoms. The van der Waals surface area contributed by atoms with Gasteiger partial charge in [0.15, 0.2) is 0 Å². The van der Waals surface area contributed by atoms with Gasteiger partial charge in [-0.15, -0.1) is 0 Å². The first kappa shape index (κ1) is 21.8. The highest BCUT2D eigenvalue weighted by Crippen LogP contribution is 2.30. The molecule has 29 heavy (non-hydrogen) atoms. The molecule has 0 saturated heterocycles. The highest BCUT2D eigenvalue weighted by molar-refractivity contribution is 7.89. The van der Waals surface area contributed by atoms with E-state index >= 15 is 0 Å². The van der Waals surface area contributed by atoms with Gasteiger partial charge < -0.3 is 5.32 Å². The molecule has 2 N–H and O–H groups in total. The van der Waals surface area contributed by atoms with Crippen molar-refractivity contribution in [2.45, 2.75) is 69.4 Å². The zero-order valence-corrected chi connectivity index (χ0v) is 18.5. The van der Waals surface area contributed by atoms with E-state index in [1.165, 1.54) is 24.6 Å². The molecular formula is C20H27ClN4O3S. The number of nitrogens with one attached hydrogen (secondary N) is 2. The number of rotatable bonds is 5. The normalized spacial score (nSPS) is 16.0. The molecule has 158 valence electrons. The minimum absolute atomic E-state index is 0.0607. The summed E-state index contributed by atoms with van der Waals surface area (Å²) in [5.41, 5.74) is -0.465. The zero-order valence-electron chi connectivity index (χ0n) is 16.9. The number of carbonyl (C=O) groups excluding carboxylic acids is 1. The van der Waals surface area contributed by atoms with Crippen LogP contribution >= 0.6 is 11.6 Å². The van der Waals surface area contributed by atoms with Gasteiger partial charge in [0.25, 0.3) is 5.91 Å². The first-order chi connectivity index (χ1) is 13.6. The smallest absolute Gasteiger partial charge is 0.256 e. The predicted octanol–water partition coefficient (Wildman–Crippen LogP) is 4.37. The Morgan fingerprint density at radius 2 is 1.86 bits per heavy atom. The monoisotopic (exact) mass is 438 g/mol. The summed E-state index contributed by atoms with van der Waals surface area (Å²) in [6, 6.07) is 6.25. The van der Waals surface area contributed by atoms with Crippen molar-refractivity contribution in [2.75, 3.05) is 5.32 Å². The largest absolute Gasteiger partial charge is 0.307 e. The molecule has 0 radical (unpaired) electrons.